The number of halogens is 5. The van der Waals surface area contributed by atoms with Crippen LogP contribution in [0.2, 0.25) is 0 Å². The number of benzene rings is 3. The third-order valence-electron chi connectivity index (χ3n) is 7.95. The number of nitrogens with zero attached hydrogens (tertiary/aromatic N) is 3. The normalized spacial score (nSPS) is 13.3. The molecule has 0 saturated heterocycles. The molecule has 2 heterocycles. The van der Waals surface area contributed by atoms with Crippen LogP contribution in [0.3, 0.4) is 0 Å². The van der Waals surface area contributed by atoms with E-state index in [1.807, 2.05) is 13.8 Å². The molecule has 5 aromatic rings. The summed E-state index contributed by atoms with van der Waals surface area (Å²) in [4.78, 5) is 20.2. The number of hydrogen-bond donors (Lipinski definition) is 1. The molecule has 1 aliphatic rings. The van der Waals surface area contributed by atoms with Crippen LogP contribution in [-0.4, -0.2) is 32.3 Å². The van der Waals surface area contributed by atoms with Crippen molar-refractivity contribution < 1.29 is 36.6 Å². The molecule has 6 rings (SSSR count). The predicted octanol–water partition coefficient (Wildman–Crippen LogP) is 8.61. The lowest BCUT2D eigenvalue weighted by Crippen LogP contribution is -2.16. The van der Waals surface area contributed by atoms with Gasteiger partial charge < -0.3 is 14.4 Å². The Bertz CT molecular complexity index is 1920. The van der Waals surface area contributed by atoms with Crippen LogP contribution in [0, 0.1) is 35.6 Å². The number of rotatable bonds is 10. The molecule has 0 aliphatic heterocycles. The molecular weight excluding hydrogens is 605 g/mol. The summed E-state index contributed by atoms with van der Waals surface area (Å²) in [6.45, 7) is 5.17. The lowest BCUT2D eigenvalue weighted by molar-refractivity contribution is 0.0692. The number of aromatic carboxylic acids is 1. The number of ether oxygens (including phenoxy) is 1. The summed E-state index contributed by atoms with van der Waals surface area (Å²) < 4.78 is 80.6. The molecule has 0 atom stereocenters. The Balaban J connectivity index is 0.00000204. The van der Waals surface area contributed by atoms with E-state index in [1.54, 1.807) is 29.7 Å². The Labute approximate surface area is 262 Å². The van der Waals surface area contributed by atoms with E-state index in [0.717, 1.165) is 29.8 Å². The Hall–Kier alpha value is -4.80. The highest BCUT2D eigenvalue weighted by Crippen LogP contribution is 2.48. The van der Waals surface area contributed by atoms with Gasteiger partial charge in [-0.2, -0.15) is 0 Å². The third-order valence-corrected chi connectivity index (χ3v) is 7.95. The summed E-state index contributed by atoms with van der Waals surface area (Å²) in [6.07, 6.45) is 0.981. The van der Waals surface area contributed by atoms with Crippen LogP contribution in [0.4, 0.5) is 22.0 Å². The standard InChI is InChI=1S/C33H26F5N3O3.C2H6/c1-18-5-6-19(23(35)9-18)15-44-31-4-2-3-27(40-31)21-12-24(36)20(10-25(21)37)11-30-39-28-14-26(38)22(32(42)43)13-29(28)41(30)17-33(16-34)7-8-33;1-2/h2-6,9-10,12-14H,7-8,11,15-17H2,1H3,(H,42,43);1-2H3. The summed E-state index contributed by atoms with van der Waals surface area (Å²) in [5.41, 5.74) is 0.135. The Morgan fingerprint density at radius 2 is 1.65 bits per heavy atom. The quantitative estimate of drug-likeness (QED) is 0.155. The zero-order chi connectivity index (χ0) is 33.2. The molecule has 11 heteroatoms. The number of alkyl halides is 1. The predicted molar refractivity (Wildman–Crippen MR) is 164 cm³/mol. The molecule has 6 nitrogen and oxygen atoms in total. The van der Waals surface area contributed by atoms with Crippen molar-refractivity contribution in [3.05, 3.63) is 112 Å². The average Bonchev–Trinajstić information content (AvgIpc) is 3.74. The molecule has 0 amide bonds. The number of pyridine rings is 1. The van der Waals surface area contributed by atoms with Gasteiger partial charge in [0.25, 0.3) is 0 Å². The molecule has 0 radical (unpaired) electrons. The number of imidazole rings is 1. The number of aromatic nitrogens is 3. The SMILES string of the molecule is CC.Cc1ccc(COc2cccc(-c3cc(F)c(Cc4nc5cc(F)c(C(=O)O)cc5n4CC4(CF)CC4)cc3F)n2)c(F)c1. The lowest BCUT2D eigenvalue weighted by Gasteiger charge is -2.16. The number of carboxylic acid groups (broad SMARTS) is 1. The van der Waals surface area contributed by atoms with E-state index >= 15 is 8.78 Å². The van der Waals surface area contributed by atoms with E-state index in [1.165, 1.54) is 18.2 Å². The molecule has 2 aromatic heterocycles. The summed E-state index contributed by atoms with van der Waals surface area (Å²) in [5, 5.41) is 9.41. The summed E-state index contributed by atoms with van der Waals surface area (Å²) in [7, 11) is 0. The van der Waals surface area contributed by atoms with E-state index in [-0.39, 0.29) is 59.1 Å². The molecule has 46 heavy (non-hydrogen) atoms. The fourth-order valence-electron chi connectivity index (χ4n) is 5.17. The minimum atomic E-state index is -1.47. The van der Waals surface area contributed by atoms with E-state index in [2.05, 4.69) is 9.97 Å². The lowest BCUT2D eigenvalue weighted by atomic mass is 10.0. The van der Waals surface area contributed by atoms with Crippen LogP contribution in [0.25, 0.3) is 22.3 Å². The highest BCUT2D eigenvalue weighted by molar-refractivity contribution is 5.93. The van der Waals surface area contributed by atoms with Crippen molar-refractivity contribution in [2.24, 2.45) is 5.41 Å². The number of carboxylic acids is 1. The number of aryl methyl sites for hydroxylation is 1. The number of hydrogen-bond acceptors (Lipinski definition) is 4. The second kappa shape index (κ2) is 13.3. The van der Waals surface area contributed by atoms with Crippen molar-refractivity contribution in [2.45, 2.75) is 53.2 Å². The van der Waals surface area contributed by atoms with Gasteiger partial charge in [-0.1, -0.05) is 32.0 Å². The van der Waals surface area contributed by atoms with Crippen molar-refractivity contribution in [2.75, 3.05) is 6.67 Å². The number of carbonyl (C=O) groups is 1. The third kappa shape index (κ3) is 6.73. The van der Waals surface area contributed by atoms with Crippen molar-refractivity contribution in [3.63, 3.8) is 0 Å². The van der Waals surface area contributed by atoms with Gasteiger partial charge in [0.2, 0.25) is 5.88 Å². The number of fused-ring (bicyclic) bond motifs is 1. The molecular formula is C35H32F5N3O3. The fourth-order valence-corrected chi connectivity index (χ4v) is 5.17. The molecule has 1 saturated carbocycles. The highest BCUT2D eigenvalue weighted by atomic mass is 19.1. The van der Waals surface area contributed by atoms with Gasteiger partial charge in [0.1, 0.15) is 35.7 Å². The monoisotopic (exact) mass is 637 g/mol. The first-order chi connectivity index (χ1) is 22.1. The zero-order valence-electron chi connectivity index (χ0n) is 25.5. The van der Waals surface area contributed by atoms with Gasteiger partial charge in [-0.15, -0.1) is 0 Å². The maximum Gasteiger partial charge on any atom is 0.338 e. The first-order valence-corrected chi connectivity index (χ1v) is 14.9. The summed E-state index contributed by atoms with van der Waals surface area (Å²) in [6, 6.07) is 13.4. The minimum Gasteiger partial charge on any atom is -0.478 e. The molecule has 0 unspecified atom stereocenters. The van der Waals surface area contributed by atoms with Crippen LogP contribution in [0.5, 0.6) is 5.88 Å². The van der Waals surface area contributed by atoms with E-state index in [9.17, 15) is 23.1 Å². The van der Waals surface area contributed by atoms with Crippen molar-refractivity contribution in [1.82, 2.24) is 14.5 Å². The van der Waals surface area contributed by atoms with Gasteiger partial charge in [-0.05, 0) is 61.2 Å². The van der Waals surface area contributed by atoms with E-state index in [0.29, 0.717) is 18.4 Å². The van der Waals surface area contributed by atoms with Gasteiger partial charge in [-0.3, -0.25) is 4.39 Å². The van der Waals surface area contributed by atoms with Crippen molar-refractivity contribution >= 4 is 17.0 Å². The molecule has 0 bridgehead atoms. The topological polar surface area (TPSA) is 77.2 Å². The van der Waals surface area contributed by atoms with E-state index in [4.69, 9.17) is 4.74 Å². The summed E-state index contributed by atoms with van der Waals surface area (Å²) >= 11 is 0. The molecule has 3 aromatic carbocycles. The Morgan fingerprint density at radius 3 is 2.33 bits per heavy atom. The van der Waals surface area contributed by atoms with Crippen LogP contribution in [0.15, 0.2) is 60.7 Å². The Morgan fingerprint density at radius 1 is 0.913 bits per heavy atom. The van der Waals surface area contributed by atoms with Gasteiger partial charge in [0, 0.05) is 41.6 Å². The first-order valence-electron chi connectivity index (χ1n) is 14.9. The molecule has 1 N–H and O–H groups in total. The average molecular weight is 638 g/mol. The minimum absolute atomic E-state index is 0.0610. The van der Waals surface area contributed by atoms with Crippen LogP contribution in [0.1, 0.15) is 59.6 Å². The maximum absolute atomic E-state index is 15.5. The maximum atomic E-state index is 15.5. The van der Waals surface area contributed by atoms with Crippen LogP contribution < -0.4 is 4.74 Å². The van der Waals surface area contributed by atoms with Gasteiger partial charge in [0.15, 0.2) is 0 Å². The summed E-state index contributed by atoms with van der Waals surface area (Å²) in [5.74, 6) is -4.13. The zero-order valence-corrected chi connectivity index (χ0v) is 25.5. The smallest absolute Gasteiger partial charge is 0.338 e. The van der Waals surface area contributed by atoms with Crippen LogP contribution >= 0.6 is 0 Å². The van der Waals surface area contributed by atoms with Crippen molar-refractivity contribution in [3.8, 4) is 17.1 Å². The first kappa shape index (κ1) is 32.6. The Kier molecular flexibility index (Phi) is 9.41. The van der Waals surface area contributed by atoms with Crippen LogP contribution in [-0.2, 0) is 19.6 Å². The largest absolute Gasteiger partial charge is 0.478 e. The van der Waals surface area contributed by atoms with Gasteiger partial charge in [0.05, 0.1) is 29.0 Å². The molecule has 1 fully saturated rings. The highest BCUT2D eigenvalue weighted by Gasteiger charge is 2.44. The van der Waals surface area contributed by atoms with Gasteiger partial charge >= 0.3 is 5.97 Å². The second-order valence-corrected chi connectivity index (χ2v) is 11.2. The van der Waals surface area contributed by atoms with Gasteiger partial charge in [-0.25, -0.2) is 32.3 Å². The van der Waals surface area contributed by atoms with E-state index < -0.39 is 46.9 Å². The molecule has 0 spiro atoms. The van der Waals surface area contributed by atoms with Crippen molar-refractivity contribution in [1.29, 1.82) is 0 Å². The molecule has 1 aliphatic carbocycles. The molecule has 240 valence electrons. The second-order valence-electron chi connectivity index (χ2n) is 11.2. The fraction of sp³-hybridized carbons (Fsp3) is 0.286.